The molecule has 234 valence electrons. The number of aromatic nitrogens is 3. The minimum Gasteiger partial charge on any atom is -0.456 e. The fourth-order valence-corrected chi connectivity index (χ4v) is 6.91. The van der Waals surface area contributed by atoms with Gasteiger partial charge in [0.2, 0.25) is 0 Å². The fourth-order valence-electron chi connectivity index (χ4n) is 6.91. The number of rotatable bonds is 5. The molecule has 0 aliphatic heterocycles. The Balaban J connectivity index is 1.13. The highest BCUT2D eigenvalue weighted by Gasteiger charge is 2.19. The van der Waals surface area contributed by atoms with E-state index in [4.69, 9.17) is 23.8 Å². The molecule has 5 heteroatoms. The number of furan rings is 2. The Kier molecular flexibility index (Phi) is 6.42. The van der Waals surface area contributed by atoms with E-state index in [9.17, 15) is 0 Å². The van der Waals surface area contributed by atoms with Crippen LogP contribution in [0.1, 0.15) is 0 Å². The SMILES string of the molecule is c1ccc(-c2cccc(-c3ccc4c(c3)oc3cccc(-c5nc(-c6ccccc6)nc(-c6ccc7oc8ccccc8c7c6)n5)c34)c2)cc1. The van der Waals surface area contributed by atoms with Crippen LogP contribution in [-0.2, 0) is 0 Å². The first kappa shape index (κ1) is 28.2. The Morgan fingerprint density at radius 3 is 1.72 bits per heavy atom. The molecule has 50 heavy (non-hydrogen) atoms. The maximum Gasteiger partial charge on any atom is 0.164 e. The topological polar surface area (TPSA) is 65.0 Å². The lowest BCUT2D eigenvalue weighted by molar-refractivity contribution is 0.668. The van der Waals surface area contributed by atoms with Crippen molar-refractivity contribution in [2.75, 3.05) is 0 Å². The van der Waals surface area contributed by atoms with E-state index in [0.717, 1.165) is 71.7 Å². The highest BCUT2D eigenvalue weighted by molar-refractivity contribution is 6.12. The van der Waals surface area contributed by atoms with Crippen LogP contribution >= 0.6 is 0 Å². The predicted molar refractivity (Wildman–Crippen MR) is 202 cm³/mol. The smallest absolute Gasteiger partial charge is 0.164 e. The van der Waals surface area contributed by atoms with Crippen molar-refractivity contribution in [1.29, 1.82) is 0 Å². The van der Waals surface area contributed by atoms with Crippen molar-refractivity contribution in [3.8, 4) is 56.4 Å². The summed E-state index contributed by atoms with van der Waals surface area (Å²) in [7, 11) is 0. The van der Waals surface area contributed by atoms with Gasteiger partial charge in [-0.1, -0.05) is 115 Å². The molecule has 0 aliphatic rings. The van der Waals surface area contributed by atoms with Crippen LogP contribution in [0.4, 0.5) is 0 Å². The molecule has 0 amide bonds. The van der Waals surface area contributed by atoms with Gasteiger partial charge < -0.3 is 8.83 Å². The maximum atomic E-state index is 6.52. The third-order valence-corrected chi connectivity index (χ3v) is 9.34. The van der Waals surface area contributed by atoms with E-state index >= 15 is 0 Å². The second-order valence-electron chi connectivity index (χ2n) is 12.4. The van der Waals surface area contributed by atoms with Crippen molar-refractivity contribution in [2.24, 2.45) is 0 Å². The Morgan fingerprint density at radius 2 is 0.880 bits per heavy atom. The van der Waals surface area contributed by atoms with Gasteiger partial charge in [-0.05, 0) is 70.8 Å². The fraction of sp³-hybridized carbons (Fsp3) is 0. The molecule has 3 heterocycles. The van der Waals surface area contributed by atoms with Crippen LogP contribution < -0.4 is 0 Å². The summed E-state index contributed by atoms with van der Waals surface area (Å²) < 4.78 is 12.6. The first-order valence-electron chi connectivity index (χ1n) is 16.6. The van der Waals surface area contributed by atoms with E-state index in [1.54, 1.807) is 0 Å². The third kappa shape index (κ3) is 4.75. The second kappa shape index (κ2) is 11.4. The molecule has 0 radical (unpaired) electrons. The van der Waals surface area contributed by atoms with Gasteiger partial charge in [0.1, 0.15) is 22.3 Å². The Hall–Kier alpha value is -6.85. The third-order valence-electron chi connectivity index (χ3n) is 9.34. The van der Waals surface area contributed by atoms with E-state index in [0.29, 0.717) is 17.5 Å². The molecule has 0 fully saturated rings. The van der Waals surface area contributed by atoms with Crippen molar-refractivity contribution in [2.45, 2.75) is 0 Å². The molecular formula is C45H27N3O2. The molecule has 0 atom stereocenters. The lowest BCUT2D eigenvalue weighted by Gasteiger charge is -2.09. The van der Waals surface area contributed by atoms with Crippen LogP contribution in [0.2, 0.25) is 0 Å². The standard InChI is InChI=1S/C45H27N3O2/c1-3-11-28(12-4-1)30-15-9-16-31(25-30)32-21-23-35-41(27-32)50-40-20-10-18-36(42(35)40)45-47-43(29-13-5-2-6-14-29)46-44(48-45)33-22-24-39-37(26-33)34-17-7-8-19-38(34)49-39/h1-27H. The number of benzene rings is 7. The highest BCUT2D eigenvalue weighted by atomic mass is 16.3. The summed E-state index contributed by atoms with van der Waals surface area (Å²) in [4.78, 5) is 15.2. The first-order valence-corrected chi connectivity index (χ1v) is 16.6. The summed E-state index contributed by atoms with van der Waals surface area (Å²) in [5.74, 6) is 1.78. The molecular weight excluding hydrogens is 615 g/mol. The van der Waals surface area contributed by atoms with Gasteiger partial charge in [0.15, 0.2) is 17.5 Å². The van der Waals surface area contributed by atoms with Crippen LogP contribution in [0.5, 0.6) is 0 Å². The molecule has 0 spiro atoms. The van der Waals surface area contributed by atoms with Crippen molar-refractivity contribution in [3.05, 3.63) is 164 Å². The average molecular weight is 642 g/mol. The minimum absolute atomic E-state index is 0.582. The van der Waals surface area contributed by atoms with Crippen molar-refractivity contribution in [3.63, 3.8) is 0 Å². The molecule has 7 aromatic carbocycles. The molecule has 0 N–H and O–H groups in total. The molecule has 0 unspecified atom stereocenters. The number of hydrogen-bond acceptors (Lipinski definition) is 5. The number of para-hydroxylation sites is 1. The van der Waals surface area contributed by atoms with Gasteiger partial charge in [0.25, 0.3) is 0 Å². The van der Waals surface area contributed by atoms with Gasteiger partial charge in [-0.25, -0.2) is 15.0 Å². The Labute approximate surface area is 287 Å². The summed E-state index contributed by atoms with van der Waals surface area (Å²) in [6.07, 6.45) is 0. The average Bonchev–Trinajstić information content (AvgIpc) is 3.76. The molecule has 3 aromatic heterocycles. The lowest BCUT2D eigenvalue weighted by atomic mass is 9.98. The normalized spacial score (nSPS) is 11.6. The van der Waals surface area contributed by atoms with Crippen LogP contribution in [-0.4, -0.2) is 15.0 Å². The predicted octanol–water partition coefficient (Wildman–Crippen LogP) is 12.0. The molecule has 0 saturated carbocycles. The van der Waals surface area contributed by atoms with Gasteiger partial charge in [-0.2, -0.15) is 0 Å². The summed E-state index contributed by atoms with van der Waals surface area (Å²) >= 11 is 0. The van der Waals surface area contributed by atoms with E-state index < -0.39 is 0 Å². The van der Waals surface area contributed by atoms with Crippen LogP contribution in [0.15, 0.2) is 173 Å². The monoisotopic (exact) mass is 641 g/mol. The van der Waals surface area contributed by atoms with Crippen molar-refractivity contribution in [1.82, 2.24) is 15.0 Å². The highest BCUT2D eigenvalue weighted by Crippen LogP contribution is 2.39. The zero-order valence-corrected chi connectivity index (χ0v) is 26.7. The van der Waals surface area contributed by atoms with E-state index in [-0.39, 0.29) is 0 Å². The van der Waals surface area contributed by atoms with Gasteiger partial charge in [0, 0.05) is 38.2 Å². The van der Waals surface area contributed by atoms with E-state index in [2.05, 4.69) is 84.9 Å². The van der Waals surface area contributed by atoms with E-state index in [1.165, 1.54) is 11.1 Å². The lowest BCUT2D eigenvalue weighted by Crippen LogP contribution is -2.00. The maximum absolute atomic E-state index is 6.52. The van der Waals surface area contributed by atoms with Gasteiger partial charge in [-0.15, -0.1) is 0 Å². The summed E-state index contributed by atoms with van der Waals surface area (Å²) in [6.45, 7) is 0. The van der Waals surface area contributed by atoms with Crippen LogP contribution in [0, 0.1) is 0 Å². The van der Waals surface area contributed by atoms with Crippen LogP contribution in [0.25, 0.3) is 100 Å². The Morgan fingerprint density at radius 1 is 0.300 bits per heavy atom. The summed E-state index contributed by atoms with van der Waals surface area (Å²) in [5.41, 5.74) is 10.5. The molecule has 0 saturated heterocycles. The number of hydrogen-bond donors (Lipinski definition) is 0. The van der Waals surface area contributed by atoms with Gasteiger partial charge in [0.05, 0.1) is 0 Å². The number of fused-ring (bicyclic) bond motifs is 6. The molecule has 0 aliphatic carbocycles. The van der Waals surface area contributed by atoms with Gasteiger partial charge in [-0.3, -0.25) is 0 Å². The van der Waals surface area contributed by atoms with Crippen molar-refractivity contribution >= 4 is 43.9 Å². The summed E-state index contributed by atoms with van der Waals surface area (Å²) in [6, 6.07) is 55.8. The van der Waals surface area contributed by atoms with Crippen LogP contribution in [0.3, 0.4) is 0 Å². The van der Waals surface area contributed by atoms with E-state index in [1.807, 2.05) is 78.9 Å². The quantitative estimate of drug-likeness (QED) is 0.187. The zero-order valence-electron chi connectivity index (χ0n) is 26.7. The minimum atomic E-state index is 0.582. The zero-order chi connectivity index (χ0) is 33.0. The molecule has 10 aromatic rings. The summed E-state index contributed by atoms with van der Waals surface area (Å²) in [5, 5.41) is 4.06. The van der Waals surface area contributed by atoms with Gasteiger partial charge >= 0.3 is 0 Å². The Bertz CT molecular complexity index is 2870. The molecule has 10 rings (SSSR count). The molecule has 5 nitrogen and oxygen atoms in total. The first-order chi connectivity index (χ1) is 24.7. The number of nitrogens with zero attached hydrogens (tertiary/aromatic N) is 3. The largest absolute Gasteiger partial charge is 0.456 e. The molecule has 0 bridgehead atoms. The van der Waals surface area contributed by atoms with Crippen molar-refractivity contribution < 1.29 is 8.83 Å². The second-order valence-corrected chi connectivity index (χ2v) is 12.4.